The number of nitrogens with one attached hydrogen (secondary N) is 1. The molecule has 1 aromatic carbocycles. The summed E-state index contributed by atoms with van der Waals surface area (Å²) in [5.74, 6) is 1.69. The van der Waals surface area contributed by atoms with E-state index in [2.05, 4.69) is 59.6 Å². The number of aromatic nitrogens is 1. The smallest absolute Gasteiger partial charge is 0.228 e. The molecule has 2 aromatic rings. The molecule has 2 aliphatic carbocycles. The Labute approximate surface area is 210 Å². The van der Waals surface area contributed by atoms with Crippen LogP contribution in [0.15, 0.2) is 42.5 Å². The molecule has 4 unspecified atom stereocenters. The average molecular weight is 472 g/mol. The van der Waals surface area contributed by atoms with Crippen molar-refractivity contribution in [3.63, 3.8) is 0 Å². The number of piperidine rings is 1. The first kappa shape index (κ1) is 23.2. The highest BCUT2D eigenvalue weighted by Gasteiger charge is 2.52. The van der Waals surface area contributed by atoms with Crippen LogP contribution in [0, 0.1) is 18.8 Å². The third kappa shape index (κ3) is 4.22. The number of pyridine rings is 1. The Morgan fingerprint density at radius 1 is 1.03 bits per heavy atom. The van der Waals surface area contributed by atoms with Gasteiger partial charge in [-0.15, -0.1) is 0 Å². The van der Waals surface area contributed by atoms with Crippen molar-refractivity contribution < 1.29 is 4.79 Å². The van der Waals surface area contributed by atoms with Gasteiger partial charge in [-0.05, 0) is 80.9 Å². The second kappa shape index (κ2) is 9.69. The fourth-order valence-corrected chi connectivity index (χ4v) is 8.05. The molecule has 4 atom stereocenters. The zero-order valence-corrected chi connectivity index (χ0v) is 21.3. The van der Waals surface area contributed by atoms with E-state index in [1.807, 2.05) is 0 Å². The number of rotatable bonds is 3. The van der Waals surface area contributed by atoms with Crippen LogP contribution in [0.5, 0.6) is 0 Å². The molecule has 0 radical (unpaired) electrons. The van der Waals surface area contributed by atoms with E-state index >= 15 is 0 Å². The molecule has 35 heavy (non-hydrogen) atoms. The summed E-state index contributed by atoms with van der Waals surface area (Å²) in [5, 5.41) is 3.66. The third-order valence-electron chi connectivity index (χ3n) is 9.83. The monoisotopic (exact) mass is 471 g/mol. The standard InChI is InChI=1S/C31H41N3O/c1-22-14-15-26-28(33-22)13-8-17-31(26)21-32-20-27(31)30(35)34-18-16-25(23-9-4-2-5-10-23)19-29(34)24-11-6-3-7-12-24/h2,4-5,9-10,14-15,24-25,27,29,32H,3,6-8,11-13,16-21H2,1H3. The largest absolute Gasteiger partial charge is 0.339 e. The van der Waals surface area contributed by atoms with Crippen LogP contribution in [0.1, 0.15) is 86.2 Å². The minimum atomic E-state index is -0.0846. The number of carbonyl (C=O) groups is 1. The van der Waals surface area contributed by atoms with Gasteiger partial charge in [0.05, 0.1) is 5.92 Å². The first-order chi connectivity index (χ1) is 17.2. The first-order valence-corrected chi connectivity index (χ1v) is 14.2. The highest BCUT2D eigenvalue weighted by molar-refractivity contribution is 5.82. The lowest BCUT2D eigenvalue weighted by molar-refractivity contribution is -0.143. The summed E-state index contributed by atoms with van der Waals surface area (Å²) >= 11 is 0. The van der Waals surface area contributed by atoms with Crippen molar-refractivity contribution in [2.24, 2.45) is 11.8 Å². The highest BCUT2D eigenvalue weighted by atomic mass is 16.2. The lowest BCUT2D eigenvalue weighted by atomic mass is 9.64. The second-order valence-corrected chi connectivity index (χ2v) is 11.8. The van der Waals surface area contributed by atoms with E-state index in [1.54, 1.807) is 0 Å². The van der Waals surface area contributed by atoms with Crippen LogP contribution in [0.3, 0.4) is 0 Å². The molecule has 1 N–H and O–H groups in total. The van der Waals surface area contributed by atoms with Crippen molar-refractivity contribution in [1.82, 2.24) is 15.2 Å². The van der Waals surface area contributed by atoms with Crippen molar-refractivity contribution in [3.05, 3.63) is 65.0 Å². The number of hydrogen-bond acceptors (Lipinski definition) is 3. The predicted octanol–water partition coefficient (Wildman–Crippen LogP) is 5.54. The molecule has 4 nitrogen and oxygen atoms in total. The van der Waals surface area contributed by atoms with Gasteiger partial charge in [0.15, 0.2) is 0 Å². The molecular formula is C31H41N3O. The van der Waals surface area contributed by atoms with E-state index in [0.717, 1.165) is 57.4 Å². The molecular weight excluding hydrogens is 430 g/mol. The van der Waals surface area contributed by atoms with Crippen molar-refractivity contribution in [3.8, 4) is 0 Å². The van der Waals surface area contributed by atoms with Crippen LogP contribution >= 0.6 is 0 Å². The number of nitrogens with zero attached hydrogens (tertiary/aromatic N) is 2. The summed E-state index contributed by atoms with van der Waals surface area (Å²) in [6.45, 7) is 4.71. The third-order valence-corrected chi connectivity index (χ3v) is 9.83. The zero-order chi connectivity index (χ0) is 23.8. The van der Waals surface area contributed by atoms with Crippen LogP contribution in [0.2, 0.25) is 0 Å². The zero-order valence-electron chi connectivity index (χ0n) is 21.3. The number of likely N-dealkylation sites (tertiary alicyclic amines) is 1. The van der Waals surface area contributed by atoms with E-state index in [1.165, 1.54) is 48.9 Å². The summed E-state index contributed by atoms with van der Waals surface area (Å²) in [6, 6.07) is 15.9. The molecule has 3 heterocycles. The minimum Gasteiger partial charge on any atom is -0.339 e. The van der Waals surface area contributed by atoms with Gasteiger partial charge in [0.2, 0.25) is 5.91 Å². The maximum Gasteiger partial charge on any atom is 0.228 e. The van der Waals surface area contributed by atoms with E-state index in [0.29, 0.717) is 23.8 Å². The quantitative estimate of drug-likeness (QED) is 0.639. The van der Waals surface area contributed by atoms with E-state index in [9.17, 15) is 4.79 Å². The van der Waals surface area contributed by atoms with Crippen molar-refractivity contribution >= 4 is 5.91 Å². The van der Waals surface area contributed by atoms with Gasteiger partial charge in [-0.25, -0.2) is 0 Å². The molecule has 2 aliphatic heterocycles. The Bertz CT molecular complexity index is 1050. The average Bonchev–Trinajstić information content (AvgIpc) is 3.32. The van der Waals surface area contributed by atoms with Crippen molar-refractivity contribution in [1.29, 1.82) is 0 Å². The van der Waals surface area contributed by atoms with Gasteiger partial charge in [-0.3, -0.25) is 9.78 Å². The Hall–Kier alpha value is -2.20. The molecule has 4 heteroatoms. The topological polar surface area (TPSA) is 45.2 Å². The minimum absolute atomic E-state index is 0.0328. The summed E-state index contributed by atoms with van der Waals surface area (Å²) in [7, 11) is 0. The highest BCUT2D eigenvalue weighted by Crippen LogP contribution is 2.47. The van der Waals surface area contributed by atoms with Gasteiger partial charge >= 0.3 is 0 Å². The normalized spacial score (nSPS) is 31.5. The summed E-state index contributed by atoms with van der Waals surface area (Å²) < 4.78 is 0. The summed E-state index contributed by atoms with van der Waals surface area (Å²) in [6.07, 6.45) is 12.1. The molecule has 6 rings (SSSR count). The Morgan fingerprint density at radius 3 is 2.69 bits per heavy atom. The molecule has 1 amide bonds. The van der Waals surface area contributed by atoms with Crippen LogP contribution in [0.25, 0.3) is 0 Å². The van der Waals surface area contributed by atoms with Crippen LogP contribution in [-0.2, 0) is 16.6 Å². The van der Waals surface area contributed by atoms with Crippen LogP contribution in [0.4, 0.5) is 0 Å². The molecule has 1 aromatic heterocycles. The predicted molar refractivity (Wildman–Crippen MR) is 140 cm³/mol. The fourth-order valence-electron chi connectivity index (χ4n) is 8.05. The lowest BCUT2D eigenvalue weighted by Crippen LogP contribution is -2.55. The van der Waals surface area contributed by atoms with Gasteiger partial charge in [0.25, 0.3) is 0 Å². The van der Waals surface area contributed by atoms with Gasteiger partial charge in [-0.1, -0.05) is 55.7 Å². The summed E-state index contributed by atoms with van der Waals surface area (Å²) in [4.78, 5) is 21.8. The van der Waals surface area contributed by atoms with Crippen molar-refractivity contribution in [2.45, 2.75) is 88.5 Å². The molecule has 0 bridgehead atoms. The Morgan fingerprint density at radius 2 is 1.86 bits per heavy atom. The number of hydrogen-bond donors (Lipinski definition) is 1. The second-order valence-electron chi connectivity index (χ2n) is 11.8. The molecule has 2 saturated heterocycles. The van der Waals surface area contributed by atoms with Gasteiger partial charge < -0.3 is 10.2 Å². The van der Waals surface area contributed by atoms with Gasteiger partial charge in [-0.2, -0.15) is 0 Å². The van der Waals surface area contributed by atoms with E-state index < -0.39 is 0 Å². The number of fused-ring (bicyclic) bond motifs is 2. The van der Waals surface area contributed by atoms with Gasteiger partial charge in [0.1, 0.15) is 0 Å². The SMILES string of the molecule is Cc1ccc2c(n1)CCCC21CNCC1C(=O)N1CCC(c2ccccc2)CC1C1CCCCC1. The number of carbonyl (C=O) groups excluding carboxylic acids is 1. The van der Waals surface area contributed by atoms with Crippen LogP contribution < -0.4 is 5.32 Å². The molecule has 186 valence electrons. The number of amides is 1. The fraction of sp³-hybridized carbons (Fsp3) is 0.613. The summed E-state index contributed by atoms with van der Waals surface area (Å²) in [5.41, 5.74) is 5.06. The Kier molecular flexibility index (Phi) is 6.43. The Balaban J connectivity index is 1.30. The number of benzene rings is 1. The van der Waals surface area contributed by atoms with E-state index in [4.69, 9.17) is 4.98 Å². The first-order valence-electron chi connectivity index (χ1n) is 14.2. The maximum atomic E-state index is 14.5. The lowest BCUT2D eigenvalue weighted by Gasteiger charge is -2.48. The molecule has 1 spiro atoms. The molecule has 1 saturated carbocycles. The molecule has 4 aliphatic rings. The molecule has 3 fully saturated rings. The van der Waals surface area contributed by atoms with Gasteiger partial charge in [0, 0.05) is 42.5 Å². The van der Waals surface area contributed by atoms with E-state index in [-0.39, 0.29) is 11.3 Å². The van der Waals surface area contributed by atoms with Crippen LogP contribution in [-0.4, -0.2) is 41.5 Å². The maximum absolute atomic E-state index is 14.5. The van der Waals surface area contributed by atoms with Crippen molar-refractivity contribution in [2.75, 3.05) is 19.6 Å². The number of aryl methyl sites for hydroxylation is 2.